The second-order valence-electron chi connectivity index (χ2n) is 5.60. The lowest BCUT2D eigenvalue weighted by atomic mass is 10.0. The second kappa shape index (κ2) is 5.93. The van der Waals surface area contributed by atoms with Crippen LogP contribution in [0.15, 0.2) is 34.2 Å². The Balaban J connectivity index is 1.73. The number of nitrogens with zero attached hydrogens (tertiary/aromatic N) is 2. The van der Waals surface area contributed by atoms with Gasteiger partial charge in [0.25, 0.3) is 5.91 Å². The Morgan fingerprint density at radius 3 is 2.86 bits per heavy atom. The lowest BCUT2D eigenvalue weighted by molar-refractivity contribution is -0.113. The van der Waals surface area contributed by atoms with Gasteiger partial charge in [0, 0.05) is 13.1 Å². The molecule has 0 aromatic heterocycles. The molecule has 0 spiro atoms. The van der Waals surface area contributed by atoms with E-state index in [1.54, 1.807) is 24.3 Å². The number of benzene rings is 1. The highest BCUT2D eigenvalue weighted by molar-refractivity contribution is 8.18. The van der Waals surface area contributed by atoms with Crippen molar-refractivity contribution in [2.45, 2.75) is 19.8 Å². The molecule has 1 saturated heterocycles. The molecule has 0 saturated carbocycles. The molecule has 1 aromatic rings. The fraction of sp³-hybridized carbons (Fsp3) is 0.375. The Morgan fingerprint density at radius 2 is 2.14 bits per heavy atom. The van der Waals surface area contributed by atoms with Crippen LogP contribution in [0.4, 0.5) is 0 Å². The van der Waals surface area contributed by atoms with Gasteiger partial charge in [-0.15, -0.1) is 0 Å². The number of aliphatic imine (C=N–C) groups is 1. The monoisotopic (exact) mass is 302 g/mol. The summed E-state index contributed by atoms with van der Waals surface area (Å²) >= 11 is 1.45. The molecule has 1 unspecified atom stereocenters. The summed E-state index contributed by atoms with van der Waals surface area (Å²) in [4.78, 5) is 19.1. The van der Waals surface area contributed by atoms with Crippen LogP contribution in [0.3, 0.4) is 0 Å². The predicted molar refractivity (Wildman–Crippen MR) is 86.1 cm³/mol. The molecule has 1 N–H and O–H groups in total. The molecule has 2 heterocycles. The average molecular weight is 302 g/mol. The van der Waals surface area contributed by atoms with Crippen LogP contribution in [0.5, 0.6) is 5.75 Å². The van der Waals surface area contributed by atoms with E-state index in [9.17, 15) is 9.90 Å². The van der Waals surface area contributed by atoms with Gasteiger partial charge in [-0.25, -0.2) is 0 Å². The molecule has 4 nitrogen and oxygen atoms in total. The van der Waals surface area contributed by atoms with Crippen LogP contribution in [0.2, 0.25) is 0 Å². The summed E-state index contributed by atoms with van der Waals surface area (Å²) < 4.78 is 0. The molecule has 5 heteroatoms. The molecule has 1 fully saturated rings. The molecule has 0 aliphatic carbocycles. The van der Waals surface area contributed by atoms with E-state index in [1.807, 2.05) is 6.08 Å². The molecule has 0 radical (unpaired) electrons. The molecule has 2 aliphatic heterocycles. The third-order valence-corrected chi connectivity index (χ3v) is 4.77. The van der Waals surface area contributed by atoms with Gasteiger partial charge < -0.3 is 10.0 Å². The number of hydrogen-bond acceptors (Lipinski definition) is 4. The van der Waals surface area contributed by atoms with Crippen LogP contribution in [-0.2, 0) is 4.79 Å². The van der Waals surface area contributed by atoms with Gasteiger partial charge in [-0.2, -0.15) is 4.99 Å². The number of phenolic OH excluding ortho intramolecular Hbond substituents is 1. The number of rotatable bonds is 1. The third-order valence-electron chi connectivity index (χ3n) is 3.73. The van der Waals surface area contributed by atoms with Crippen molar-refractivity contribution in [2.24, 2.45) is 10.9 Å². The molecule has 21 heavy (non-hydrogen) atoms. The first kappa shape index (κ1) is 14.2. The summed E-state index contributed by atoms with van der Waals surface area (Å²) in [5, 5.41) is 10.1. The molecule has 2 aliphatic rings. The summed E-state index contributed by atoms with van der Waals surface area (Å²) in [6.07, 6.45) is 4.24. The number of carbonyl (C=O) groups is 1. The first-order chi connectivity index (χ1) is 10.1. The van der Waals surface area contributed by atoms with Crippen molar-refractivity contribution in [3.63, 3.8) is 0 Å². The van der Waals surface area contributed by atoms with Gasteiger partial charge in [0.05, 0.1) is 4.91 Å². The number of aromatic hydroxyl groups is 1. The Morgan fingerprint density at radius 1 is 1.38 bits per heavy atom. The summed E-state index contributed by atoms with van der Waals surface area (Å²) in [6.45, 7) is 4.20. The Bertz CT molecular complexity index is 607. The van der Waals surface area contributed by atoms with E-state index in [-0.39, 0.29) is 11.7 Å². The molecule has 1 aromatic carbocycles. The second-order valence-corrected chi connectivity index (χ2v) is 6.60. The number of hydrogen-bond donors (Lipinski definition) is 1. The van der Waals surface area contributed by atoms with Gasteiger partial charge >= 0.3 is 0 Å². The first-order valence-corrected chi connectivity index (χ1v) is 8.00. The number of amides is 1. The van der Waals surface area contributed by atoms with Crippen LogP contribution in [0, 0.1) is 5.92 Å². The number of amidine groups is 1. The number of likely N-dealkylation sites (tertiary alicyclic amines) is 1. The standard InChI is InChI=1S/C16H18N2O2S/c1-11-3-2-8-18(10-11)16-17-15(20)14(21-16)9-12-4-6-13(19)7-5-12/h4-7,9,11,19H,2-3,8,10H2,1H3/b14-9-. The largest absolute Gasteiger partial charge is 0.508 e. The van der Waals surface area contributed by atoms with Gasteiger partial charge in [-0.3, -0.25) is 4.79 Å². The first-order valence-electron chi connectivity index (χ1n) is 7.18. The van der Waals surface area contributed by atoms with Gasteiger partial charge in [-0.1, -0.05) is 19.1 Å². The summed E-state index contributed by atoms with van der Waals surface area (Å²) in [7, 11) is 0. The van der Waals surface area contributed by atoms with Crippen molar-refractivity contribution >= 4 is 28.9 Å². The number of piperidine rings is 1. The van der Waals surface area contributed by atoms with Gasteiger partial charge in [-0.05, 0) is 54.3 Å². The van der Waals surface area contributed by atoms with Crippen LogP contribution < -0.4 is 0 Å². The normalized spacial score (nSPS) is 24.5. The van der Waals surface area contributed by atoms with E-state index in [0.717, 1.165) is 30.2 Å². The van der Waals surface area contributed by atoms with E-state index in [4.69, 9.17) is 0 Å². The fourth-order valence-corrected chi connectivity index (χ4v) is 3.57. The van der Waals surface area contributed by atoms with Gasteiger partial charge in [0.1, 0.15) is 5.75 Å². The predicted octanol–water partition coefficient (Wildman–Crippen LogP) is 3.09. The van der Waals surface area contributed by atoms with E-state index in [2.05, 4.69) is 16.8 Å². The number of carbonyl (C=O) groups excluding carboxylic acids is 1. The summed E-state index contributed by atoms with van der Waals surface area (Å²) in [5.74, 6) is 0.713. The average Bonchev–Trinajstić information content (AvgIpc) is 2.83. The van der Waals surface area contributed by atoms with Crippen molar-refractivity contribution in [1.29, 1.82) is 0 Å². The van der Waals surface area contributed by atoms with Crippen molar-refractivity contribution in [3.8, 4) is 5.75 Å². The lowest BCUT2D eigenvalue weighted by Gasteiger charge is -2.31. The van der Waals surface area contributed by atoms with E-state index in [0.29, 0.717) is 10.8 Å². The van der Waals surface area contributed by atoms with Crippen molar-refractivity contribution in [1.82, 2.24) is 4.90 Å². The van der Waals surface area contributed by atoms with E-state index in [1.165, 1.54) is 18.2 Å². The van der Waals surface area contributed by atoms with Crippen LogP contribution in [0.1, 0.15) is 25.3 Å². The molecular weight excluding hydrogens is 284 g/mol. The van der Waals surface area contributed by atoms with Crippen LogP contribution in [-0.4, -0.2) is 34.2 Å². The lowest BCUT2D eigenvalue weighted by Crippen LogP contribution is -2.37. The van der Waals surface area contributed by atoms with Gasteiger partial charge in [0.15, 0.2) is 5.17 Å². The zero-order chi connectivity index (χ0) is 14.8. The molecule has 0 bridgehead atoms. The maximum atomic E-state index is 12.0. The maximum absolute atomic E-state index is 12.0. The minimum Gasteiger partial charge on any atom is -0.508 e. The third kappa shape index (κ3) is 3.29. The Labute approximate surface area is 128 Å². The molecule has 3 rings (SSSR count). The highest BCUT2D eigenvalue weighted by Gasteiger charge is 2.28. The quantitative estimate of drug-likeness (QED) is 0.810. The van der Waals surface area contributed by atoms with E-state index < -0.39 is 0 Å². The minimum atomic E-state index is -0.165. The number of thioether (sulfide) groups is 1. The van der Waals surface area contributed by atoms with Gasteiger partial charge in [0.2, 0.25) is 0 Å². The fourth-order valence-electron chi connectivity index (χ4n) is 2.62. The SMILES string of the molecule is CC1CCCN(C2=NC(=O)/C(=C/c3ccc(O)cc3)S2)C1. The van der Waals surface area contributed by atoms with E-state index >= 15 is 0 Å². The Hall–Kier alpha value is -1.75. The molecular formula is C16H18N2O2S. The highest BCUT2D eigenvalue weighted by atomic mass is 32.2. The summed E-state index contributed by atoms with van der Waals surface area (Å²) in [5.41, 5.74) is 0.895. The zero-order valence-electron chi connectivity index (χ0n) is 12.0. The smallest absolute Gasteiger partial charge is 0.286 e. The van der Waals surface area contributed by atoms with Crippen molar-refractivity contribution in [2.75, 3.05) is 13.1 Å². The molecule has 1 atom stereocenters. The van der Waals surface area contributed by atoms with Crippen molar-refractivity contribution < 1.29 is 9.90 Å². The van der Waals surface area contributed by atoms with Crippen LogP contribution in [0.25, 0.3) is 6.08 Å². The zero-order valence-corrected chi connectivity index (χ0v) is 12.8. The topological polar surface area (TPSA) is 52.9 Å². The maximum Gasteiger partial charge on any atom is 0.286 e. The Kier molecular flexibility index (Phi) is 4.01. The van der Waals surface area contributed by atoms with Crippen LogP contribution >= 0.6 is 11.8 Å². The summed E-state index contributed by atoms with van der Waals surface area (Å²) in [6, 6.07) is 6.81. The molecule has 110 valence electrons. The molecule has 1 amide bonds. The highest BCUT2D eigenvalue weighted by Crippen LogP contribution is 2.32. The number of phenols is 1. The van der Waals surface area contributed by atoms with Crippen molar-refractivity contribution in [3.05, 3.63) is 34.7 Å². The minimum absolute atomic E-state index is 0.165.